The standard InChI is InChI=1S/C15H30N2/c1-5-9-11-16-14(7-3)13-15(8-4)17-12-10-6-2/h5-13H2,1-4H3/b16-14-,17-15+. The maximum absolute atomic E-state index is 4.68. The molecule has 0 fully saturated rings. The van der Waals surface area contributed by atoms with Gasteiger partial charge in [0.25, 0.3) is 0 Å². The molecule has 0 heterocycles. The van der Waals surface area contributed by atoms with Crippen molar-refractivity contribution in [3.8, 4) is 0 Å². The number of nitrogens with zero attached hydrogens (tertiary/aromatic N) is 2. The van der Waals surface area contributed by atoms with Crippen molar-refractivity contribution < 1.29 is 0 Å². The van der Waals surface area contributed by atoms with E-state index in [1.165, 1.54) is 37.1 Å². The summed E-state index contributed by atoms with van der Waals surface area (Å²) in [5.74, 6) is 0. The monoisotopic (exact) mass is 238 g/mol. The Morgan fingerprint density at radius 3 is 1.41 bits per heavy atom. The van der Waals surface area contributed by atoms with Crippen molar-refractivity contribution in [3.63, 3.8) is 0 Å². The number of aliphatic imine (C=N–C) groups is 2. The molecule has 0 aliphatic carbocycles. The first-order valence-corrected chi connectivity index (χ1v) is 7.32. The Labute approximate surface area is 108 Å². The summed E-state index contributed by atoms with van der Waals surface area (Å²) in [7, 11) is 0. The van der Waals surface area contributed by atoms with Gasteiger partial charge < -0.3 is 0 Å². The molecule has 0 aromatic carbocycles. The van der Waals surface area contributed by atoms with Crippen LogP contribution in [0.25, 0.3) is 0 Å². The number of hydrogen-bond donors (Lipinski definition) is 0. The topological polar surface area (TPSA) is 24.7 Å². The first-order chi connectivity index (χ1) is 8.28. The first kappa shape index (κ1) is 16.3. The van der Waals surface area contributed by atoms with Gasteiger partial charge in [0.05, 0.1) is 0 Å². The second-order valence-corrected chi connectivity index (χ2v) is 4.49. The van der Waals surface area contributed by atoms with E-state index < -0.39 is 0 Å². The Kier molecular flexibility index (Phi) is 11.4. The molecule has 0 N–H and O–H groups in total. The molecule has 2 heteroatoms. The molecule has 0 radical (unpaired) electrons. The van der Waals surface area contributed by atoms with Crippen molar-refractivity contribution >= 4 is 11.4 Å². The van der Waals surface area contributed by atoms with Crippen LogP contribution in [0.3, 0.4) is 0 Å². The van der Waals surface area contributed by atoms with E-state index in [0.717, 1.165) is 32.4 Å². The number of rotatable bonds is 10. The van der Waals surface area contributed by atoms with E-state index in [1.54, 1.807) is 0 Å². The third-order valence-corrected chi connectivity index (χ3v) is 2.92. The average Bonchev–Trinajstić information content (AvgIpc) is 2.36. The molecule has 0 atom stereocenters. The van der Waals surface area contributed by atoms with E-state index in [0.29, 0.717) is 0 Å². The van der Waals surface area contributed by atoms with Crippen LogP contribution >= 0.6 is 0 Å². The summed E-state index contributed by atoms with van der Waals surface area (Å²) in [6.45, 7) is 10.8. The average molecular weight is 238 g/mol. The van der Waals surface area contributed by atoms with Gasteiger partial charge in [-0.1, -0.05) is 40.5 Å². The van der Waals surface area contributed by atoms with E-state index in [-0.39, 0.29) is 0 Å². The lowest BCUT2D eigenvalue weighted by Gasteiger charge is -2.06. The molecule has 0 saturated carbocycles. The highest BCUT2D eigenvalue weighted by molar-refractivity contribution is 6.04. The minimum absolute atomic E-state index is 0.992. The molecule has 0 bridgehead atoms. The van der Waals surface area contributed by atoms with E-state index in [9.17, 15) is 0 Å². The second kappa shape index (κ2) is 11.8. The highest BCUT2D eigenvalue weighted by Gasteiger charge is 2.02. The van der Waals surface area contributed by atoms with Gasteiger partial charge in [0.15, 0.2) is 0 Å². The summed E-state index contributed by atoms with van der Waals surface area (Å²) in [6.07, 6.45) is 8.00. The molecule has 0 saturated heterocycles. The van der Waals surface area contributed by atoms with Crippen molar-refractivity contribution in [2.45, 2.75) is 72.6 Å². The SMILES string of the molecule is CCCC/N=C(/CC)C/C(CC)=N/CCCC. The minimum atomic E-state index is 0.992. The van der Waals surface area contributed by atoms with Crippen LogP contribution in [0.1, 0.15) is 72.6 Å². The van der Waals surface area contributed by atoms with Crippen molar-refractivity contribution in [1.29, 1.82) is 0 Å². The smallest absolute Gasteiger partial charge is 0.0388 e. The summed E-state index contributed by atoms with van der Waals surface area (Å²) in [4.78, 5) is 9.37. The molecule has 2 nitrogen and oxygen atoms in total. The van der Waals surface area contributed by atoms with E-state index in [2.05, 4.69) is 37.7 Å². The molecule has 17 heavy (non-hydrogen) atoms. The van der Waals surface area contributed by atoms with Crippen LogP contribution in [-0.4, -0.2) is 24.5 Å². The fourth-order valence-corrected chi connectivity index (χ4v) is 1.61. The molecule has 0 aromatic heterocycles. The van der Waals surface area contributed by atoms with Crippen LogP contribution < -0.4 is 0 Å². The van der Waals surface area contributed by atoms with Crippen molar-refractivity contribution in [3.05, 3.63) is 0 Å². The van der Waals surface area contributed by atoms with E-state index in [4.69, 9.17) is 0 Å². The van der Waals surface area contributed by atoms with Gasteiger partial charge in [-0.15, -0.1) is 0 Å². The van der Waals surface area contributed by atoms with Gasteiger partial charge in [0.1, 0.15) is 0 Å². The highest BCUT2D eigenvalue weighted by atomic mass is 14.8. The van der Waals surface area contributed by atoms with Gasteiger partial charge in [-0.3, -0.25) is 9.98 Å². The zero-order valence-electron chi connectivity index (χ0n) is 12.3. The molecule has 0 aromatic rings. The summed E-state index contributed by atoms with van der Waals surface area (Å²) in [5.41, 5.74) is 2.66. The molecule has 0 rings (SSSR count). The van der Waals surface area contributed by atoms with Gasteiger partial charge in [-0.25, -0.2) is 0 Å². The lowest BCUT2D eigenvalue weighted by Crippen LogP contribution is -2.08. The fraction of sp³-hybridized carbons (Fsp3) is 0.867. The zero-order valence-corrected chi connectivity index (χ0v) is 12.3. The van der Waals surface area contributed by atoms with E-state index in [1.807, 2.05) is 0 Å². The maximum atomic E-state index is 4.68. The molecular formula is C15H30N2. The van der Waals surface area contributed by atoms with Crippen LogP contribution in [-0.2, 0) is 0 Å². The van der Waals surface area contributed by atoms with E-state index >= 15 is 0 Å². The predicted octanol–water partition coefficient (Wildman–Crippen LogP) is 4.68. The van der Waals surface area contributed by atoms with Gasteiger partial charge in [-0.05, 0) is 25.7 Å². The lowest BCUT2D eigenvalue weighted by molar-refractivity contribution is 0.800. The molecular weight excluding hydrogens is 208 g/mol. The van der Waals surface area contributed by atoms with Gasteiger partial charge in [0, 0.05) is 30.9 Å². The summed E-state index contributed by atoms with van der Waals surface area (Å²) in [5, 5.41) is 0. The Hall–Kier alpha value is -0.660. The molecule has 0 spiro atoms. The zero-order chi connectivity index (χ0) is 12.9. The largest absolute Gasteiger partial charge is 0.294 e. The van der Waals surface area contributed by atoms with Crippen LogP contribution in [0.5, 0.6) is 0 Å². The molecule has 0 aliphatic heterocycles. The third kappa shape index (κ3) is 9.08. The van der Waals surface area contributed by atoms with Crippen molar-refractivity contribution in [2.24, 2.45) is 9.98 Å². The van der Waals surface area contributed by atoms with Crippen LogP contribution in [0.15, 0.2) is 9.98 Å². The summed E-state index contributed by atoms with van der Waals surface area (Å²) < 4.78 is 0. The van der Waals surface area contributed by atoms with Gasteiger partial charge in [-0.2, -0.15) is 0 Å². The summed E-state index contributed by atoms with van der Waals surface area (Å²) >= 11 is 0. The Bertz CT molecular complexity index is 205. The number of unbranched alkanes of at least 4 members (excludes halogenated alkanes) is 2. The lowest BCUT2D eigenvalue weighted by atomic mass is 10.1. The number of hydrogen-bond acceptors (Lipinski definition) is 2. The summed E-state index contributed by atoms with van der Waals surface area (Å²) in [6, 6.07) is 0. The van der Waals surface area contributed by atoms with Crippen LogP contribution in [0, 0.1) is 0 Å². The van der Waals surface area contributed by atoms with Crippen LogP contribution in [0.4, 0.5) is 0 Å². The minimum Gasteiger partial charge on any atom is -0.294 e. The quantitative estimate of drug-likeness (QED) is 0.390. The molecule has 100 valence electrons. The fourth-order valence-electron chi connectivity index (χ4n) is 1.61. The predicted molar refractivity (Wildman–Crippen MR) is 79.6 cm³/mol. The highest BCUT2D eigenvalue weighted by Crippen LogP contribution is 2.02. The molecule has 0 aliphatic rings. The van der Waals surface area contributed by atoms with Crippen LogP contribution in [0.2, 0.25) is 0 Å². The van der Waals surface area contributed by atoms with Gasteiger partial charge in [0.2, 0.25) is 0 Å². The van der Waals surface area contributed by atoms with Crippen molar-refractivity contribution in [2.75, 3.05) is 13.1 Å². The Balaban J connectivity index is 4.20. The normalized spacial score (nSPS) is 13.2. The van der Waals surface area contributed by atoms with Gasteiger partial charge >= 0.3 is 0 Å². The first-order valence-electron chi connectivity index (χ1n) is 7.32. The third-order valence-electron chi connectivity index (χ3n) is 2.92. The second-order valence-electron chi connectivity index (χ2n) is 4.49. The maximum Gasteiger partial charge on any atom is 0.0388 e. The van der Waals surface area contributed by atoms with Crippen molar-refractivity contribution in [1.82, 2.24) is 0 Å². The Morgan fingerprint density at radius 1 is 0.706 bits per heavy atom. The Morgan fingerprint density at radius 2 is 1.12 bits per heavy atom. The molecule has 0 amide bonds. The molecule has 0 unspecified atom stereocenters.